The number of benzene rings is 1. The Morgan fingerprint density at radius 1 is 1.44 bits per heavy atom. The molecule has 16 heavy (non-hydrogen) atoms. The number of ether oxygens (including phenoxy) is 1. The minimum absolute atomic E-state index is 0.182. The molecule has 0 saturated carbocycles. The molecular weight excluding hydrogens is 208 g/mol. The number of hydrogen-bond acceptors (Lipinski definition) is 4. The molecule has 0 saturated heterocycles. The van der Waals surface area contributed by atoms with Gasteiger partial charge < -0.3 is 9.72 Å². The van der Waals surface area contributed by atoms with Gasteiger partial charge in [0, 0.05) is 18.4 Å². The lowest BCUT2D eigenvalue weighted by Crippen LogP contribution is -2.15. The highest BCUT2D eigenvalue weighted by Crippen LogP contribution is 2.19. The third-order valence-corrected chi connectivity index (χ3v) is 2.27. The number of aromatic amines is 1. The normalized spacial score (nSPS) is 10.4. The van der Waals surface area contributed by atoms with Gasteiger partial charge in [-0.1, -0.05) is 0 Å². The van der Waals surface area contributed by atoms with E-state index >= 15 is 0 Å². The predicted octanol–water partition coefficient (Wildman–Crippen LogP) is 1.13. The van der Waals surface area contributed by atoms with Crippen molar-refractivity contribution < 1.29 is 9.53 Å². The van der Waals surface area contributed by atoms with Gasteiger partial charge in [0.25, 0.3) is 0 Å². The third kappa shape index (κ3) is 1.67. The van der Waals surface area contributed by atoms with Crippen molar-refractivity contribution in [2.45, 2.75) is 6.92 Å². The van der Waals surface area contributed by atoms with Gasteiger partial charge in [0.1, 0.15) is 11.4 Å². The van der Waals surface area contributed by atoms with Crippen LogP contribution in [0, 0.1) is 0 Å². The molecule has 5 nitrogen and oxygen atoms in total. The average molecular weight is 218 g/mol. The first-order valence-corrected chi connectivity index (χ1v) is 4.71. The van der Waals surface area contributed by atoms with Crippen LogP contribution in [-0.4, -0.2) is 22.9 Å². The molecule has 0 fully saturated rings. The Morgan fingerprint density at radius 2 is 2.19 bits per heavy atom. The largest absolute Gasteiger partial charge is 0.497 e. The first kappa shape index (κ1) is 10.4. The molecule has 2 rings (SSSR count). The number of ketones is 1. The molecule has 0 spiro atoms. The lowest BCUT2D eigenvalue weighted by molar-refractivity contribution is 0.101. The van der Waals surface area contributed by atoms with Gasteiger partial charge in [0.05, 0.1) is 12.6 Å². The Kier molecular flexibility index (Phi) is 2.44. The maximum atomic E-state index is 11.3. The van der Waals surface area contributed by atoms with E-state index in [2.05, 4.69) is 9.97 Å². The lowest BCUT2D eigenvalue weighted by atomic mass is 10.1. The standard InChI is InChI=1S/C11H10N2O3/c1-6(14)10-8-4-3-7(16-2)5-9(8)12-11(15)13-10/h3-5H,1-2H3,(H,12,13,15). The zero-order valence-electron chi connectivity index (χ0n) is 8.90. The highest BCUT2D eigenvalue weighted by molar-refractivity contribution is 6.04. The Morgan fingerprint density at radius 3 is 2.81 bits per heavy atom. The first-order valence-electron chi connectivity index (χ1n) is 4.71. The second-order valence-electron chi connectivity index (χ2n) is 3.36. The number of H-pyrrole nitrogens is 1. The van der Waals surface area contributed by atoms with Crippen molar-refractivity contribution in [3.63, 3.8) is 0 Å². The van der Waals surface area contributed by atoms with Crippen molar-refractivity contribution in [1.82, 2.24) is 9.97 Å². The van der Waals surface area contributed by atoms with Gasteiger partial charge in [-0.2, -0.15) is 4.98 Å². The topological polar surface area (TPSA) is 72.0 Å². The number of nitrogens with one attached hydrogen (secondary N) is 1. The first-order chi connectivity index (χ1) is 7.61. The fraction of sp³-hybridized carbons (Fsp3) is 0.182. The molecule has 0 amide bonds. The zero-order valence-corrected chi connectivity index (χ0v) is 8.90. The molecule has 0 bridgehead atoms. The molecule has 1 N–H and O–H groups in total. The maximum Gasteiger partial charge on any atom is 0.346 e. The van der Waals surface area contributed by atoms with E-state index in [0.29, 0.717) is 16.7 Å². The van der Waals surface area contributed by atoms with Gasteiger partial charge in [-0.15, -0.1) is 0 Å². The van der Waals surface area contributed by atoms with Gasteiger partial charge in [0.15, 0.2) is 5.78 Å². The van der Waals surface area contributed by atoms with E-state index in [1.165, 1.54) is 14.0 Å². The van der Waals surface area contributed by atoms with Crippen LogP contribution in [0.5, 0.6) is 5.75 Å². The molecule has 5 heteroatoms. The van der Waals surface area contributed by atoms with Crippen LogP contribution in [0.15, 0.2) is 23.0 Å². The zero-order chi connectivity index (χ0) is 11.7. The number of carbonyl (C=O) groups is 1. The van der Waals surface area contributed by atoms with Gasteiger partial charge in [-0.25, -0.2) is 4.79 Å². The number of fused-ring (bicyclic) bond motifs is 1. The van der Waals surface area contributed by atoms with Crippen LogP contribution in [0.3, 0.4) is 0 Å². The second kappa shape index (κ2) is 3.77. The summed E-state index contributed by atoms with van der Waals surface area (Å²) in [7, 11) is 1.53. The summed E-state index contributed by atoms with van der Waals surface area (Å²) in [5.41, 5.74) is 0.192. The van der Waals surface area contributed by atoms with Crippen molar-refractivity contribution >= 4 is 16.7 Å². The average Bonchev–Trinajstić information content (AvgIpc) is 2.26. The second-order valence-corrected chi connectivity index (χ2v) is 3.36. The Bertz CT molecular complexity index is 616. The Labute approximate surface area is 91.1 Å². The number of hydrogen-bond donors (Lipinski definition) is 1. The van der Waals surface area contributed by atoms with Gasteiger partial charge in [0.2, 0.25) is 0 Å². The SMILES string of the molecule is COc1ccc2c(C(C)=O)nc(=O)[nH]c2c1. The predicted molar refractivity (Wildman–Crippen MR) is 58.9 cm³/mol. The fourth-order valence-electron chi connectivity index (χ4n) is 1.53. The van der Waals surface area contributed by atoms with E-state index in [0.717, 1.165) is 0 Å². The summed E-state index contributed by atoms with van der Waals surface area (Å²) >= 11 is 0. The summed E-state index contributed by atoms with van der Waals surface area (Å²) in [4.78, 5) is 28.8. The van der Waals surface area contributed by atoms with Crippen LogP contribution in [0.4, 0.5) is 0 Å². The van der Waals surface area contributed by atoms with E-state index < -0.39 is 5.69 Å². The summed E-state index contributed by atoms with van der Waals surface area (Å²) < 4.78 is 5.04. The quantitative estimate of drug-likeness (QED) is 0.767. The van der Waals surface area contributed by atoms with E-state index in [9.17, 15) is 9.59 Å². The molecule has 0 radical (unpaired) electrons. The summed E-state index contributed by atoms with van der Waals surface area (Å²) in [5, 5.41) is 0.618. The summed E-state index contributed by atoms with van der Waals surface area (Å²) in [6.45, 7) is 1.38. The molecule has 0 unspecified atom stereocenters. The molecule has 1 aromatic heterocycles. The van der Waals surface area contributed by atoms with E-state index in [1.54, 1.807) is 18.2 Å². The van der Waals surface area contributed by atoms with Crippen molar-refractivity contribution in [3.05, 3.63) is 34.4 Å². The molecule has 2 aromatic rings. The molecule has 1 heterocycles. The summed E-state index contributed by atoms with van der Waals surface area (Å²) in [6, 6.07) is 5.08. The minimum atomic E-state index is -0.536. The minimum Gasteiger partial charge on any atom is -0.497 e. The number of nitrogens with zero attached hydrogens (tertiary/aromatic N) is 1. The van der Waals surface area contributed by atoms with Crippen LogP contribution in [0.25, 0.3) is 10.9 Å². The number of Topliss-reactive ketones (excluding diaryl/α,β-unsaturated/α-hetero) is 1. The van der Waals surface area contributed by atoms with Crippen LogP contribution in [-0.2, 0) is 0 Å². The lowest BCUT2D eigenvalue weighted by Gasteiger charge is -2.04. The maximum absolute atomic E-state index is 11.3. The van der Waals surface area contributed by atoms with Gasteiger partial charge in [-0.05, 0) is 12.1 Å². The van der Waals surface area contributed by atoms with Crippen LogP contribution in [0.2, 0.25) is 0 Å². The number of rotatable bonds is 2. The van der Waals surface area contributed by atoms with Crippen molar-refractivity contribution in [1.29, 1.82) is 0 Å². The number of aromatic nitrogens is 2. The highest BCUT2D eigenvalue weighted by Gasteiger charge is 2.09. The number of carbonyl (C=O) groups excluding carboxylic acids is 1. The third-order valence-electron chi connectivity index (χ3n) is 2.27. The van der Waals surface area contributed by atoms with Crippen LogP contribution < -0.4 is 10.4 Å². The van der Waals surface area contributed by atoms with Crippen molar-refractivity contribution in [2.75, 3.05) is 7.11 Å². The van der Waals surface area contributed by atoms with Crippen molar-refractivity contribution in [2.24, 2.45) is 0 Å². The molecule has 0 aliphatic carbocycles. The molecule has 0 atom stereocenters. The molecule has 0 aliphatic heterocycles. The molecule has 1 aromatic carbocycles. The fourth-order valence-corrected chi connectivity index (χ4v) is 1.53. The number of methoxy groups -OCH3 is 1. The summed E-state index contributed by atoms with van der Waals surface area (Å²) in [6.07, 6.45) is 0. The van der Waals surface area contributed by atoms with E-state index in [1.807, 2.05) is 0 Å². The summed E-state index contributed by atoms with van der Waals surface area (Å²) in [5.74, 6) is 0.380. The van der Waals surface area contributed by atoms with E-state index in [4.69, 9.17) is 4.74 Å². The smallest absolute Gasteiger partial charge is 0.346 e. The highest BCUT2D eigenvalue weighted by atomic mass is 16.5. The van der Waals surface area contributed by atoms with Crippen molar-refractivity contribution in [3.8, 4) is 5.75 Å². The molecule has 0 aliphatic rings. The van der Waals surface area contributed by atoms with Gasteiger partial charge >= 0.3 is 5.69 Å². The Balaban J connectivity index is 2.83. The monoisotopic (exact) mass is 218 g/mol. The molecular formula is C11H10N2O3. The molecule has 82 valence electrons. The van der Waals surface area contributed by atoms with Crippen LogP contribution >= 0.6 is 0 Å². The van der Waals surface area contributed by atoms with Gasteiger partial charge in [-0.3, -0.25) is 4.79 Å². The van der Waals surface area contributed by atoms with Crippen LogP contribution in [0.1, 0.15) is 17.4 Å². The Hall–Kier alpha value is -2.17. The van der Waals surface area contributed by atoms with E-state index in [-0.39, 0.29) is 11.5 Å².